The number of aryl methyl sites for hydroxylation is 1. The lowest BCUT2D eigenvalue weighted by atomic mass is 9.64. The third kappa shape index (κ3) is 3.80. The minimum atomic E-state index is -1.06. The predicted molar refractivity (Wildman–Crippen MR) is 131 cm³/mol. The van der Waals surface area contributed by atoms with E-state index in [4.69, 9.17) is 4.84 Å². The molecule has 2 fully saturated rings. The Hall–Kier alpha value is -4.15. The summed E-state index contributed by atoms with van der Waals surface area (Å²) in [5, 5.41) is 29.4. The van der Waals surface area contributed by atoms with Gasteiger partial charge in [0.1, 0.15) is 0 Å². The molecular weight excluding hydrogens is 468 g/mol. The van der Waals surface area contributed by atoms with Crippen LogP contribution >= 0.6 is 0 Å². The maximum absolute atomic E-state index is 13.6. The molecule has 2 aliphatic carbocycles. The highest BCUT2D eigenvalue weighted by Crippen LogP contribution is 2.71. The molecular formula is C25H26N4O7. The Kier molecular flexibility index (Phi) is 5.90. The van der Waals surface area contributed by atoms with Gasteiger partial charge in [-0.1, -0.05) is 38.1 Å². The molecule has 11 nitrogen and oxygen atoms in total. The summed E-state index contributed by atoms with van der Waals surface area (Å²) in [5.74, 6) is -1.19. The van der Waals surface area contributed by atoms with Gasteiger partial charge >= 0.3 is 5.97 Å². The lowest BCUT2D eigenvalue weighted by molar-refractivity contribution is -0.394. The second-order valence-electron chi connectivity index (χ2n) is 10.2. The number of nitro groups is 2. The van der Waals surface area contributed by atoms with Crippen molar-refractivity contribution in [3.63, 3.8) is 0 Å². The Balaban J connectivity index is 1.61. The van der Waals surface area contributed by atoms with Crippen LogP contribution in [0.2, 0.25) is 0 Å². The van der Waals surface area contributed by atoms with Crippen LogP contribution in [0.15, 0.2) is 47.6 Å². The summed E-state index contributed by atoms with van der Waals surface area (Å²) >= 11 is 0. The fourth-order valence-electron chi connectivity index (χ4n) is 5.57. The van der Waals surface area contributed by atoms with E-state index in [0.717, 1.165) is 23.8 Å². The van der Waals surface area contributed by atoms with E-state index in [1.165, 1.54) is 0 Å². The Morgan fingerprint density at radius 3 is 2.22 bits per heavy atom. The molecule has 188 valence electrons. The van der Waals surface area contributed by atoms with Crippen LogP contribution in [0.4, 0.5) is 17.1 Å². The molecule has 1 amide bonds. The summed E-state index contributed by atoms with van der Waals surface area (Å²) in [4.78, 5) is 52.0. The quantitative estimate of drug-likeness (QED) is 0.330. The van der Waals surface area contributed by atoms with E-state index < -0.39 is 43.4 Å². The summed E-state index contributed by atoms with van der Waals surface area (Å²) in [5.41, 5.74) is -1.15. The van der Waals surface area contributed by atoms with E-state index in [-0.39, 0.29) is 17.9 Å². The molecule has 0 aromatic heterocycles. The highest BCUT2D eigenvalue weighted by atomic mass is 16.7. The highest BCUT2D eigenvalue weighted by molar-refractivity contribution is 6.06. The van der Waals surface area contributed by atoms with E-state index in [0.29, 0.717) is 24.2 Å². The van der Waals surface area contributed by atoms with Crippen LogP contribution in [0.3, 0.4) is 0 Å². The fraction of sp³-hybridized carbons (Fsp3) is 0.400. The topological polar surface area (TPSA) is 154 Å². The van der Waals surface area contributed by atoms with E-state index in [1.807, 2.05) is 52.0 Å². The van der Waals surface area contributed by atoms with Crippen LogP contribution in [-0.2, 0) is 9.63 Å². The SMILES string of the molecule is Cc1cccc(NC(=O)C23CCC(C)(C(=NOC(=O)c4cc([N+](=O)[O-])cc([N+](=O)[O-])c4)C2)C3(C)C)c1. The second-order valence-corrected chi connectivity index (χ2v) is 10.2. The second kappa shape index (κ2) is 8.51. The Bertz CT molecular complexity index is 1300. The number of benzene rings is 2. The number of anilines is 1. The molecule has 2 saturated carbocycles. The third-order valence-electron chi connectivity index (χ3n) is 8.24. The van der Waals surface area contributed by atoms with Gasteiger partial charge in [0.25, 0.3) is 11.4 Å². The van der Waals surface area contributed by atoms with Crippen LogP contribution in [0.25, 0.3) is 0 Å². The molecule has 36 heavy (non-hydrogen) atoms. The predicted octanol–water partition coefficient (Wildman–Crippen LogP) is 5.18. The Morgan fingerprint density at radius 1 is 1.00 bits per heavy atom. The molecule has 2 bridgehead atoms. The average molecular weight is 495 g/mol. The summed E-state index contributed by atoms with van der Waals surface area (Å²) in [7, 11) is 0. The summed E-state index contributed by atoms with van der Waals surface area (Å²) in [6, 6.07) is 10.1. The summed E-state index contributed by atoms with van der Waals surface area (Å²) in [6.07, 6.45) is 1.56. The van der Waals surface area contributed by atoms with Crippen molar-refractivity contribution in [2.75, 3.05) is 5.32 Å². The molecule has 0 spiro atoms. The van der Waals surface area contributed by atoms with Crippen molar-refractivity contribution in [2.24, 2.45) is 21.4 Å². The third-order valence-corrected chi connectivity index (χ3v) is 8.24. The molecule has 0 aliphatic heterocycles. The van der Waals surface area contributed by atoms with E-state index >= 15 is 0 Å². The molecule has 2 unspecified atom stereocenters. The van der Waals surface area contributed by atoms with E-state index in [9.17, 15) is 29.8 Å². The number of non-ortho nitro benzene ring substituents is 2. The molecule has 4 rings (SSSR count). The Labute approximate surface area is 206 Å². The molecule has 2 aromatic rings. The number of rotatable bonds is 6. The number of hydrogen-bond acceptors (Lipinski definition) is 8. The lowest BCUT2D eigenvalue weighted by Crippen LogP contribution is -2.43. The van der Waals surface area contributed by atoms with Gasteiger partial charge in [0.2, 0.25) is 5.91 Å². The van der Waals surface area contributed by atoms with Gasteiger partial charge in [0.05, 0.1) is 32.6 Å². The summed E-state index contributed by atoms with van der Waals surface area (Å²) < 4.78 is 0. The van der Waals surface area contributed by atoms with Crippen molar-refractivity contribution in [1.82, 2.24) is 0 Å². The van der Waals surface area contributed by atoms with E-state index in [2.05, 4.69) is 10.5 Å². The number of nitrogens with one attached hydrogen (secondary N) is 1. The van der Waals surface area contributed by atoms with Gasteiger partial charge in [-0.05, 0) is 42.9 Å². The molecule has 11 heteroatoms. The van der Waals surface area contributed by atoms with E-state index in [1.54, 1.807) is 0 Å². The number of amides is 1. The summed E-state index contributed by atoms with van der Waals surface area (Å²) in [6.45, 7) is 7.93. The standard InChI is InChI=1S/C25H26N4O7/c1-15-6-5-7-17(10-15)26-22(31)25-9-8-24(4,23(25,2)3)20(14-25)27-36-21(30)16-11-18(28(32)33)13-19(12-16)29(34)35/h5-7,10-13H,8-9,14H2,1-4H3,(H,26,31). The number of carbonyl (C=O) groups excluding carboxylic acids is 2. The number of fused-ring (bicyclic) bond motifs is 2. The van der Waals surface area contributed by atoms with Crippen LogP contribution in [0.5, 0.6) is 0 Å². The molecule has 1 N–H and O–H groups in total. The van der Waals surface area contributed by atoms with Crippen molar-refractivity contribution in [3.8, 4) is 0 Å². The van der Waals surface area contributed by atoms with Crippen molar-refractivity contribution < 1.29 is 24.3 Å². The maximum Gasteiger partial charge on any atom is 0.366 e. The van der Waals surface area contributed by atoms with Crippen LogP contribution in [-0.4, -0.2) is 27.4 Å². The van der Waals surface area contributed by atoms with Crippen LogP contribution in [0.1, 0.15) is 56.0 Å². The van der Waals surface area contributed by atoms with Gasteiger partial charge in [0, 0.05) is 29.7 Å². The van der Waals surface area contributed by atoms with Gasteiger partial charge in [-0.15, -0.1) is 0 Å². The van der Waals surface area contributed by atoms with Crippen molar-refractivity contribution in [3.05, 3.63) is 73.8 Å². The first-order valence-corrected chi connectivity index (χ1v) is 11.4. The minimum Gasteiger partial charge on any atom is -0.326 e. The first kappa shape index (κ1) is 25.0. The fourth-order valence-corrected chi connectivity index (χ4v) is 5.57. The maximum atomic E-state index is 13.6. The molecule has 2 aromatic carbocycles. The minimum absolute atomic E-state index is 0.132. The average Bonchev–Trinajstić information content (AvgIpc) is 3.13. The number of hydrogen-bond donors (Lipinski definition) is 1. The van der Waals surface area contributed by atoms with Crippen LogP contribution < -0.4 is 5.32 Å². The Morgan fingerprint density at radius 2 is 1.64 bits per heavy atom. The number of oxime groups is 1. The first-order chi connectivity index (χ1) is 16.8. The van der Waals surface area contributed by atoms with Gasteiger partial charge in [-0.25, -0.2) is 4.79 Å². The first-order valence-electron chi connectivity index (χ1n) is 11.4. The van der Waals surface area contributed by atoms with Crippen molar-refractivity contribution in [1.29, 1.82) is 0 Å². The zero-order valence-electron chi connectivity index (χ0n) is 20.4. The zero-order chi connectivity index (χ0) is 26.5. The monoisotopic (exact) mass is 494 g/mol. The van der Waals surface area contributed by atoms with Gasteiger partial charge in [-0.2, -0.15) is 0 Å². The molecule has 0 saturated heterocycles. The van der Waals surface area contributed by atoms with Crippen molar-refractivity contribution in [2.45, 2.75) is 47.0 Å². The van der Waals surface area contributed by atoms with Crippen LogP contribution in [0, 0.1) is 43.4 Å². The lowest BCUT2D eigenvalue weighted by Gasteiger charge is -2.39. The van der Waals surface area contributed by atoms with Gasteiger partial charge < -0.3 is 10.2 Å². The smallest absolute Gasteiger partial charge is 0.326 e. The largest absolute Gasteiger partial charge is 0.366 e. The van der Waals surface area contributed by atoms with Crippen molar-refractivity contribution >= 4 is 34.7 Å². The number of carbonyl (C=O) groups is 2. The zero-order valence-corrected chi connectivity index (χ0v) is 20.4. The molecule has 0 radical (unpaired) electrons. The number of nitro benzene ring substituents is 2. The normalized spacial score (nSPS) is 24.9. The molecule has 2 aliphatic rings. The highest BCUT2D eigenvalue weighted by Gasteiger charge is 2.71. The van der Waals surface area contributed by atoms with Gasteiger partial charge in [-0.3, -0.25) is 25.0 Å². The molecule has 2 atom stereocenters. The van der Waals surface area contributed by atoms with Gasteiger partial charge in [0.15, 0.2) is 0 Å². The molecule has 0 heterocycles. The number of nitrogens with zero attached hydrogens (tertiary/aromatic N) is 3.